The van der Waals surface area contributed by atoms with Gasteiger partial charge in [-0.25, -0.2) is 4.79 Å². The van der Waals surface area contributed by atoms with Gasteiger partial charge in [0, 0.05) is 32.1 Å². The monoisotopic (exact) mass is 359 g/mol. The summed E-state index contributed by atoms with van der Waals surface area (Å²) in [5.41, 5.74) is 1.02. The van der Waals surface area contributed by atoms with Gasteiger partial charge in [-0.1, -0.05) is 30.5 Å². The van der Waals surface area contributed by atoms with E-state index in [-0.39, 0.29) is 25.2 Å². The summed E-state index contributed by atoms with van der Waals surface area (Å²) in [6.45, 7) is 1.03. The molecule has 8 nitrogen and oxygen atoms in total. The predicted octanol–water partition coefficient (Wildman–Crippen LogP) is 2.66. The topological polar surface area (TPSA) is 93.4 Å². The van der Waals surface area contributed by atoms with Crippen molar-refractivity contribution in [2.24, 2.45) is 0 Å². The maximum absolute atomic E-state index is 12.8. The number of carbonyl (C=O) groups excluding carboxylic acids is 1. The second-order valence-electron chi connectivity index (χ2n) is 6.48. The third kappa shape index (κ3) is 5.01. The van der Waals surface area contributed by atoms with E-state index in [2.05, 4.69) is 20.4 Å². The molecular formula is C18H25N5O3. The number of hydrogen-bond acceptors (Lipinski definition) is 6. The third-order valence-corrected chi connectivity index (χ3v) is 4.53. The second-order valence-corrected chi connectivity index (χ2v) is 6.48. The zero-order valence-corrected chi connectivity index (χ0v) is 15.1. The molecule has 1 saturated carbocycles. The summed E-state index contributed by atoms with van der Waals surface area (Å²) >= 11 is 0. The molecule has 0 atom stereocenters. The van der Waals surface area contributed by atoms with E-state index in [0.29, 0.717) is 18.3 Å². The summed E-state index contributed by atoms with van der Waals surface area (Å²) in [4.78, 5) is 23.1. The molecule has 140 valence electrons. The van der Waals surface area contributed by atoms with Crippen LogP contribution in [0.3, 0.4) is 0 Å². The molecule has 2 aromatic rings. The van der Waals surface area contributed by atoms with Crippen molar-refractivity contribution in [2.75, 3.05) is 7.11 Å². The summed E-state index contributed by atoms with van der Waals surface area (Å²) in [5, 5.41) is 6.70. The molecule has 1 aliphatic carbocycles. The van der Waals surface area contributed by atoms with Crippen molar-refractivity contribution in [3.8, 4) is 0 Å². The van der Waals surface area contributed by atoms with Crippen LogP contribution in [0.1, 0.15) is 49.4 Å². The normalized spacial score (nSPS) is 15.0. The number of rotatable bonds is 7. The van der Waals surface area contributed by atoms with Gasteiger partial charge in [0.25, 0.3) is 0 Å². The first-order valence-corrected chi connectivity index (χ1v) is 9.00. The lowest BCUT2D eigenvalue weighted by molar-refractivity contribution is 0.149. The molecule has 1 aliphatic rings. The SMILES string of the molecule is COCc1noc(CNC(=O)N(Cc2cccnc2)C2CCCCC2)n1. The van der Waals surface area contributed by atoms with Crippen LogP contribution < -0.4 is 5.32 Å². The van der Waals surface area contributed by atoms with E-state index in [1.54, 1.807) is 19.5 Å². The van der Waals surface area contributed by atoms with Gasteiger partial charge in [0.05, 0.1) is 6.54 Å². The lowest BCUT2D eigenvalue weighted by Crippen LogP contribution is -2.46. The van der Waals surface area contributed by atoms with Crippen molar-refractivity contribution in [1.29, 1.82) is 0 Å². The fraction of sp³-hybridized carbons (Fsp3) is 0.556. The first-order chi connectivity index (χ1) is 12.8. The van der Waals surface area contributed by atoms with Crippen LogP contribution in [0.4, 0.5) is 4.79 Å². The summed E-state index contributed by atoms with van der Waals surface area (Å²) < 4.78 is 10.1. The van der Waals surface area contributed by atoms with Crippen molar-refractivity contribution in [3.63, 3.8) is 0 Å². The average molecular weight is 359 g/mol. The van der Waals surface area contributed by atoms with E-state index in [1.807, 2.05) is 17.0 Å². The molecule has 26 heavy (non-hydrogen) atoms. The lowest BCUT2D eigenvalue weighted by Gasteiger charge is -2.34. The van der Waals surface area contributed by atoms with Crippen LogP contribution in [0.15, 0.2) is 29.0 Å². The Bertz CT molecular complexity index is 685. The van der Waals surface area contributed by atoms with Gasteiger partial charge in [-0.3, -0.25) is 4.98 Å². The smallest absolute Gasteiger partial charge is 0.318 e. The zero-order valence-electron chi connectivity index (χ0n) is 15.1. The first-order valence-electron chi connectivity index (χ1n) is 9.00. The molecule has 2 heterocycles. The highest BCUT2D eigenvalue weighted by molar-refractivity contribution is 5.74. The number of aromatic nitrogens is 3. The molecule has 3 rings (SSSR count). The highest BCUT2D eigenvalue weighted by atomic mass is 16.5. The maximum Gasteiger partial charge on any atom is 0.318 e. The number of ether oxygens (including phenoxy) is 1. The maximum atomic E-state index is 12.8. The number of hydrogen-bond donors (Lipinski definition) is 1. The molecule has 2 amide bonds. The van der Waals surface area contributed by atoms with Crippen molar-refractivity contribution in [1.82, 2.24) is 25.3 Å². The number of methoxy groups -OCH3 is 1. The van der Waals surface area contributed by atoms with Crippen molar-refractivity contribution in [3.05, 3.63) is 41.8 Å². The van der Waals surface area contributed by atoms with Crippen LogP contribution in [0.25, 0.3) is 0 Å². The van der Waals surface area contributed by atoms with E-state index in [9.17, 15) is 4.79 Å². The number of nitrogens with one attached hydrogen (secondary N) is 1. The quantitative estimate of drug-likeness (QED) is 0.817. The van der Waals surface area contributed by atoms with Crippen molar-refractivity contribution in [2.45, 2.75) is 57.8 Å². The van der Waals surface area contributed by atoms with Crippen LogP contribution >= 0.6 is 0 Å². The summed E-state index contributed by atoms with van der Waals surface area (Å²) in [6.07, 6.45) is 9.17. The highest BCUT2D eigenvalue weighted by Crippen LogP contribution is 2.24. The van der Waals surface area contributed by atoms with E-state index in [0.717, 1.165) is 31.2 Å². The Kier molecular flexibility index (Phi) is 6.54. The Morgan fingerprint density at radius 2 is 2.23 bits per heavy atom. The zero-order chi connectivity index (χ0) is 18.2. The number of pyridine rings is 1. The van der Waals surface area contributed by atoms with Gasteiger partial charge in [0.2, 0.25) is 5.89 Å². The van der Waals surface area contributed by atoms with Crippen LogP contribution in [0.2, 0.25) is 0 Å². The fourth-order valence-corrected chi connectivity index (χ4v) is 3.25. The Balaban J connectivity index is 1.63. The minimum atomic E-state index is -0.118. The van der Waals surface area contributed by atoms with Gasteiger partial charge in [-0.2, -0.15) is 4.98 Å². The van der Waals surface area contributed by atoms with Crippen LogP contribution in [-0.2, 0) is 24.4 Å². The number of urea groups is 1. The molecule has 1 N–H and O–H groups in total. The number of amides is 2. The van der Waals surface area contributed by atoms with Crippen molar-refractivity contribution >= 4 is 6.03 Å². The summed E-state index contributed by atoms with van der Waals surface area (Å²) in [6, 6.07) is 4.01. The van der Waals surface area contributed by atoms with Gasteiger partial charge in [-0.15, -0.1) is 0 Å². The van der Waals surface area contributed by atoms with Gasteiger partial charge in [0.1, 0.15) is 6.61 Å². The molecule has 0 aliphatic heterocycles. The molecular weight excluding hydrogens is 334 g/mol. The lowest BCUT2D eigenvalue weighted by atomic mass is 9.94. The van der Waals surface area contributed by atoms with Crippen LogP contribution in [0.5, 0.6) is 0 Å². The minimum Gasteiger partial charge on any atom is -0.377 e. The van der Waals surface area contributed by atoms with Crippen LogP contribution in [-0.4, -0.2) is 39.2 Å². The predicted molar refractivity (Wildman–Crippen MR) is 93.9 cm³/mol. The molecule has 0 saturated heterocycles. The highest BCUT2D eigenvalue weighted by Gasteiger charge is 2.26. The largest absolute Gasteiger partial charge is 0.377 e. The average Bonchev–Trinajstić information content (AvgIpc) is 3.13. The Morgan fingerprint density at radius 3 is 2.96 bits per heavy atom. The third-order valence-electron chi connectivity index (χ3n) is 4.53. The Hall–Kier alpha value is -2.48. The first kappa shape index (κ1) is 18.3. The van der Waals surface area contributed by atoms with E-state index in [4.69, 9.17) is 9.26 Å². The Morgan fingerprint density at radius 1 is 1.38 bits per heavy atom. The molecule has 0 radical (unpaired) electrons. The Labute approximate surface area is 152 Å². The number of nitrogens with zero attached hydrogens (tertiary/aromatic N) is 4. The fourth-order valence-electron chi connectivity index (χ4n) is 3.25. The summed E-state index contributed by atoms with van der Waals surface area (Å²) in [7, 11) is 1.57. The second kappa shape index (κ2) is 9.28. The van der Waals surface area contributed by atoms with Gasteiger partial charge in [0.15, 0.2) is 5.82 Å². The molecule has 0 unspecified atom stereocenters. The molecule has 2 aromatic heterocycles. The standard InChI is InChI=1S/C18H25N5O3/c1-25-13-16-21-17(26-22-16)11-20-18(24)23(15-7-3-2-4-8-15)12-14-6-5-9-19-10-14/h5-6,9-10,15H,2-4,7-8,11-13H2,1H3,(H,20,24). The summed E-state index contributed by atoms with van der Waals surface area (Å²) in [5.74, 6) is 0.839. The van der Waals surface area contributed by atoms with Gasteiger partial charge in [-0.05, 0) is 24.5 Å². The minimum absolute atomic E-state index is 0.118. The molecule has 1 fully saturated rings. The number of carbonyl (C=O) groups is 1. The van der Waals surface area contributed by atoms with E-state index < -0.39 is 0 Å². The molecule has 8 heteroatoms. The van der Waals surface area contributed by atoms with E-state index in [1.165, 1.54) is 6.42 Å². The van der Waals surface area contributed by atoms with E-state index >= 15 is 0 Å². The molecule has 0 bridgehead atoms. The van der Waals surface area contributed by atoms with Crippen molar-refractivity contribution < 1.29 is 14.1 Å². The molecule has 0 spiro atoms. The van der Waals surface area contributed by atoms with Crippen LogP contribution in [0, 0.1) is 0 Å². The molecule has 0 aromatic carbocycles. The van der Waals surface area contributed by atoms with Gasteiger partial charge >= 0.3 is 6.03 Å². The van der Waals surface area contributed by atoms with Gasteiger partial charge < -0.3 is 19.5 Å².